The number of hydrogen-bond acceptors (Lipinski definition) is 10. The van der Waals surface area contributed by atoms with Gasteiger partial charge < -0.3 is 39.4 Å². The van der Waals surface area contributed by atoms with E-state index >= 15 is 0 Å². The Labute approximate surface area is 228 Å². The van der Waals surface area contributed by atoms with E-state index in [4.69, 9.17) is 18.9 Å². The number of hydrogen-bond donors (Lipinski definition) is 4. The Balaban J connectivity index is 2.34. The van der Waals surface area contributed by atoms with Crippen LogP contribution in [0.15, 0.2) is 0 Å². The Morgan fingerprint density at radius 3 is 1.79 bits per heavy atom. The molecule has 1 fully saturated rings. The molecule has 0 spiro atoms. The van der Waals surface area contributed by atoms with Gasteiger partial charge in [0.15, 0.2) is 18.5 Å². The van der Waals surface area contributed by atoms with Crippen LogP contribution in [-0.2, 0) is 28.5 Å². The van der Waals surface area contributed by atoms with Crippen LogP contribution in [0.4, 0.5) is 0 Å². The van der Waals surface area contributed by atoms with E-state index in [2.05, 4.69) is 6.92 Å². The number of carbonyl (C=O) groups excluding carboxylic acids is 2. The second-order valence-electron chi connectivity index (χ2n) is 10.3. The van der Waals surface area contributed by atoms with Crippen LogP contribution >= 0.6 is 0 Å². The first-order chi connectivity index (χ1) is 18.3. The number of carbonyl (C=O) groups is 2. The maximum atomic E-state index is 12.2. The number of ketones is 1. The molecule has 1 rings (SSSR count). The fraction of sp³-hybridized carbons (Fsp3) is 0.929. The van der Waals surface area contributed by atoms with Gasteiger partial charge in [0, 0.05) is 6.61 Å². The fourth-order valence-corrected chi connectivity index (χ4v) is 4.39. The average Bonchev–Trinajstić information content (AvgIpc) is 3.19. The smallest absolute Gasteiger partial charge is 0.378 e. The van der Waals surface area contributed by atoms with Crippen LogP contribution < -0.4 is 0 Å². The van der Waals surface area contributed by atoms with Gasteiger partial charge in [-0.25, -0.2) is 4.79 Å². The molecule has 0 radical (unpaired) electrons. The van der Waals surface area contributed by atoms with E-state index in [1.807, 2.05) is 0 Å². The van der Waals surface area contributed by atoms with Crippen LogP contribution in [0.25, 0.3) is 0 Å². The Bertz CT molecular complexity index is 614. The van der Waals surface area contributed by atoms with Crippen molar-refractivity contribution in [3.63, 3.8) is 0 Å². The first kappa shape index (κ1) is 34.9. The molecule has 0 saturated carbocycles. The molecule has 10 heteroatoms. The van der Waals surface area contributed by atoms with Crippen molar-refractivity contribution in [1.29, 1.82) is 0 Å². The lowest BCUT2D eigenvalue weighted by atomic mass is 10.0. The molecule has 1 aliphatic rings. The molecule has 1 saturated heterocycles. The second-order valence-corrected chi connectivity index (χ2v) is 10.3. The van der Waals surface area contributed by atoms with E-state index in [0.717, 1.165) is 19.3 Å². The lowest BCUT2D eigenvalue weighted by Crippen LogP contribution is -2.47. The molecule has 1 aliphatic heterocycles. The van der Waals surface area contributed by atoms with Crippen molar-refractivity contribution in [2.45, 2.75) is 141 Å². The number of ether oxygens (including phenoxy) is 4. The third-order valence-electron chi connectivity index (χ3n) is 6.66. The van der Waals surface area contributed by atoms with Gasteiger partial charge in [0.2, 0.25) is 0 Å². The normalized spacial score (nSPS) is 20.9. The van der Waals surface area contributed by atoms with Crippen molar-refractivity contribution in [1.82, 2.24) is 0 Å². The predicted molar refractivity (Wildman–Crippen MR) is 141 cm³/mol. The molecule has 10 nitrogen and oxygen atoms in total. The van der Waals surface area contributed by atoms with E-state index in [1.54, 1.807) is 0 Å². The minimum absolute atomic E-state index is 0.174. The van der Waals surface area contributed by atoms with Crippen LogP contribution in [0.2, 0.25) is 0 Å². The second kappa shape index (κ2) is 21.7. The van der Waals surface area contributed by atoms with Crippen LogP contribution in [0.5, 0.6) is 0 Å². The molecule has 0 aliphatic carbocycles. The number of esters is 1. The highest BCUT2D eigenvalue weighted by molar-refractivity contribution is 6.37. The molecule has 0 aromatic carbocycles. The zero-order valence-corrected chi connectivity index (χ0v) is 23.4. The minimum Gasteiger partial charge on any atom is -0.450 e. The summed E-state index contributed by atoms with van der Waals surface area (Å²) >= 11 is 0. The zero-order valence-electron chi connectivity index (χ0n) is 23.4. The van der Waals surface area contributed by atoms with Gasteiger partial charge in [0.05, 0.1) is 25.9 Å². The molecule has 0 amide bonds. The highest BCUT2D eigenvalue weighted by atomic mass is 16.7. The van der Waals surface area contributed by atoms with Crippen molar-refractivity contribution < 1.29 is 49.0 Å². The predicted octanol–water partition coefficient (Wildman–Crippen LogP) is 2.80. The monoisotopic (exact) mass is 548 g/mol. The number of unbranched alkanes of at least 4 members (excludes halogenated alkanes) is 13. The van der Waals surface area contributed by atoms with E-state index < -0.39 is 61.8 Å². The number of Topliss-reactive ketones (excluding diaryl/α,β-unsaturated/α-hetero) is 1. The van der Waals surface area contributed by atoms with Crippen LogP contribution in [0.3, 0.4) is 0 Å². The largest absolute Gasteiger partial charge is 0.450 e. The Morgan fingerprint density at radius 2 is 1.32 bits per heavy atom. The molecule has 0 aromatic heterocycles. The summed E-state index contributed by atoms with van der Waals surface area (Å²) in [6.07, 6.45) is 9.60. The maximum Gasteiger partial charge on any atom is 0.378 e. The molecule has 4 unspecified atom stereocenters. The average molecular weight is 549 g/mol. The summed E-state index contributed by atoms with van der Waals surface area (Å²) in [7, 11) is 0. The minimum atomic E-state index is -1.54. The molecule has 6 atom stereocenters. The molecule has 4 N–H and O–H groups in total. The van der Waals surface area contributed by atoms with Gasteiger partial charge in [-0.05, 0) is 13.3 Å². The molecule has 0 bridgehead atoms. The fourth-order valence-electron chi connectivity index (χ4n) is 4.39. The highest BCUT2D eigenvalue weighted by Gasteiger charge is 2.49. The van der Waals surface area contributed by atoms with Gasteiger partial charge in [0.25, 0.3) is 5.78 Å². The van der Waals surface area contributed by atoms with Crippen molar-refractivity contribution in [3.8, 4) is 0 Å². The molecule has 1 heterocycles. The van der Waals surface area contributed by atoms with Crippen LogP contribution in [0.1, 0.15) is 104 Å². The lowest BCUT2D eigenvalue weighted by Gasteiger charge is -2.30. The van der Waals surface area contributed by atoms with E-state index in [0.29, 0.717) is 6.61 Å². The van der Waals surface area contributed by atoms with Crippen LogP contribution in [-0.4, -0.2) is 95.4 Å². The Morgan fingerprint density at radius 1 is 0.789 bits per heavy atom. The molecule has 38 heavy (non-hydrogen) atoms. The van der Waals surface area contributed by atoms with E-state index in [-0.39, 0.29) is 6.61 Å². The van der Waals surface area contributed by atoms with Crippen molar-refractivity contribution in [2.75, 3.05) is 26.4 Å². The summed E-state index contributed by atoms with van der Waals surface area (Å²) in [5.41, 5.74) is 0. The van der Waals surface area contributed by atoms with E-state index in [1.165, 1.54) is 77.6 Å². The first-order valence-electron chi connectivity index (χ1n) is 14.6. The Hall–Kier alpha value is -1.14. The van der Waals surface area contributed by atoms with Gasteiger partial charge in [-0.15, -0.1) is 0 Å². The molecular formula is C28H52O10. The zero-order chi connectivity index (χ0) is 28.2. The third kappa shape index (κ3) is 14.3. The summed E-state index contributed by atoms with van der Waals surface area (Å²) < 4.78 is 21.7. The molecular weight excluding hydrogens is 496 g/mol. The molecule has 0 aromatic rings. The summed E-state index contributed by atoms with van der Waals surface area (Å²) in [4.78, 5) is 24.0. The number of cyclic esters (lactones) is 1. The van der Waals surface area contributed by atoms with Crippen molar-refractivity contribution in [3.05, 3.63) is 0 Å². The summed E-state index contributed by atoms with van der Waals surface area (Å²) in [5.74, 6) is -2.22. The summed E-state index contributed by atoms with van der Waals surface area (Å²) in [5, 5.41) is 38.6. The van der Waals surface area contributed by atoms with Crippen molar-refractivity contribution >= 4 is 11.8 Å². The van der Waals surface area contributed by atoms with Crippen molar-refractivity contribution in [2.24, 2.45) is 0 Å². The van der Waals surface area contributed by atoms with Crippen LogP contribution in [0, 0.1) is 0 Å². The number of aliphatic hydroxyl groups is 4. The standard InChI is InChI=1S/C28H52O10/c1-3-4-5-6-7-8-9-10-11-12-13-14-15-16-17-35-23(19-30)28(36-20-21(2)31)38-26-24(33)27(34)37-25(26)22(32)18-29/h21-23,25-26,28-32H,3-20H2,1-2H3/t21?,22-,23?,25+,26?,28?/m0/s1. The number of aliphatic hydroxyl groups excluding tert-OH is 4. The van der Waals surface area contributed by atoms with Gasteiger partial charge in [-0.3, -0.25) is 4.79 Å². The molecule has 224 valence electrons. The van der Waals surface area contributed by atoms with Gasteiger partial charge in [-0.1, -0.05) is 90.4 Å². The third-order valence-corrected chi connectivity index (χ3v) is 6.66. The Kier molecular flexibility index (Phi) is 19.9. The highest BCUT2D eigenvalue weighted by Crippen LogP contribution is 2.23. The first-order valence-corrected chi connectivity index (χ1v) is 14.6. The maximum absolute atomic E-state index is 12.2. The summed E-state index contributed by atoms with van der Waals surface area (Å²) in [6, 6.07) is 0. The summed E-state index contributed by atoms with van der Waals surface area (Å²) in [6.45, 7) is 2.65. The quantitative estimate of drug-likeness (QED) is 0.0580. The van der Waals surface area contributed by atoms with Gasteiger partial charge in [0.1, 0.15) is 12.2 Å². The SMILES string of the molecule is CCCCCCCCCCCCCCCCOC(CO)C(OCC(C)O)OC1C(=O)C(=O)O[C@@H]1[C@@H](O)CO. The lowest BCUT2D eigenvalue weighted by molar-refractivity contribution is -0.247. The van der Waals surface area contributed by atoms with E-state index in [9.17, 15) is 30.0 Å². The van der Waals surface area contributed by atoms with Gasteiger partial charge >= 0.3 is 5.97 Å². The van der Waals surface area contributed by atoms with Gasteiger partial charge in [-0.2, -0.15) is 0 Å². The number of rotatable bonds is 25. The topological polar surface area (TPSA) is 152 Å².